The molecule has 0 fully saturated rings. The SMILES string of the molecule is COc1ccc(CNC(=O)[C@H](C)Sc2nc3ccc(C)cc3[nH]2)cc1. The number of thioether (sulfide) groups is 1. The van der Waals surface area contributed by atoms with Crippen molar-refractivity contribution in [3.8, 4) is 5.75 Å². The number of nitrogens with one attached hydrogen (secondary N) is 2. The van der Waals surface area contributed by atoms with Crippen LogP contribution in [0.2, 0.25) is 0 Å². The zero-order valence-corrected chi connectivity index (χ0v) is 15.3. The van der Waals surface area contributed by atoms with E-state index in [1.807, 2.05) is 50.2 Å². The van der Waals surface area contributed by atoms with Gasteiger partial charge < -0.3 is 15.0 Å². The Kier molecular flexibility index (Phi) is 5.28. The summed E-state index contributed by atoms with van der Waals surface area (Å²) in [7, 11) is 1.63. The Balaban J connectivity index is 1.57. The normalized spacial score (nSPS) is 12.1. The molecule has 0 unspecified atom stereocenters. The highest BCUT2D eigenvalue weighted by molar-refractivity contribution is 8.00. The van der Waals surface area contributed by atoms with Gasteiger partial charge in [-0.2, -0.15) is 0 Å². The minimum absolute atomic E-state index is 0.0162. The zero-order valence-electron chi connectivity index (χ0n) is 14.5. The van der Waals surface area contributed by atoms with Gasteiger partial charge in [0.2, 0.25) is 5.91 Å². The number of carbonyl (C=O) groups is 1. The third kappa shape index (κ3) is 4.33. The summed E-state index contributed by atoms with van der Waals surface area (Å²) in [5.41, 5.74) is 4.12. The number of carbonyl (C=O) groups excluding carboxylic acids is 1. The van der Waals surface area contributed by atoms with Crippen LogP contribution in [0.5, 0.6) is 5.75 Å². The third-order valence-electron chi connectivity index (χ3n) is 3.90. The monoisotopic (exact) mass is 355 g/mol. The number of imidazole rings is 1. The van der Waals surface area contributed by atoms with E-state index in [0.717, 1.165) is 27.5 Å². The van der Waals surface area contributed by atoms with Gasteiger partial charge in [-0.3, -0.25) is 4.79 Å². The molecule has 0 radical (unpaired) electrons. The summed E-state index contributed by atoms with van der Waals surface area (Å²) in [6.45, 7) is 4.42. The molecule has 0 saturated carbocycles. The average molecular weight is 355 g/mol. The molecule has 2 aromatic carbocycles. The average Bonchev–Trinajstić information content (AvgIpc) is 3.01. The number of aryl methyl sites for hydroxylation is 1. The Morgan fingerprint density at radius 2 is 2.04 bits per heavy atom. The number of aromatic amines is 1. The number of benzene rings is 2. The van der Waals surface area contributed by atoms with Crippen molar-refractivity contribution in [1.82, 2.24) is 15.3 Å². The fourth-order valence-corrected chi connectivity index (χ4v) is 3.30. The van der Waals surface area contributed by atoms with Crippen molar-refractivity contribution in [2.75, 3.05) is 7.11 Å². The molecule has 5 nitrogen and oxygen atoms in total. The lowest BCUT2D eigenvalue weighted by molar-refractivity contribution is -0.120. The zero-order chi connectivity index (χ0) is 17.8. The molecule has 1 amide bonds. The maximum atomic E-state index is 12.3. The van der Waals surface area contributed by atoms with Crippen LogP contribution in [0.1, 0.15) is 18.1 Å². The van der Waals surface area contributed by atoms with Crippen LogP contribution in [0.25, 0.3) is 11.0 Å². The van der Waals surface area contributed by atoms with Gasteiger partial charge in [0, 0.05) is 6.54 Å². The van der Waals surface area contributed by atoms with Gasteiger partial charge in [-0.25, -0.2) is 4.98 Å². The number of H-pyrrole nitrogens is 1. The van der Waals surface area contributed by atoms with Gasteiger partial charge in [0.15, 0.2) is 5.16 Å². The number of rotatable bonds is 6. The van der Waals surface area contributed by atoms with Crippen molar-refractivity contribution in [3.63, 3.8) is 0 Å². The Labute approximate surface area is 151 Å². The summed E-state index contributed by atoms with van der Waals surface area (Å²) < 4.78 is 5.13. The number of amides is 1. The number of ether oxygens (including phenoxy) is 1. The van der Waals surface area contributed by atoms with Crippen molar-refractivity contribution in [1.29, 1.82) is 0 Å². The minimum atomic E-state index is -0.236. The topological polar surface area (TPSA) is 67.0 Å². The molecule has 6 heteroatoms. The summed E-state index contributed by atoms with van der Waals surface area (Å²) in [4.78, 5) is 20.1. The van der Waals surface area contributed by atoms with Crippen LogP contribution in [0.3, 0.4) is 0 Å². The van der Waals surface area contributed by atoms with Gasteiger partial charge in [0.25, 0.3) is 0 Å². The lowest BCUT2D eigenvalue weighted by atomic mass is 10.2. The van der Waals surface area contributed by atoms with Crippen molar-refractivity contribution in [2.45, 2.75) is 30.8 Å². The molecule has 0 aliphatic heterocycles. The van der Waals surface area contributed by atoms with Crippen LogP contribution < -0.4 is 10.1 Å². The van der Waals surface area contributed by atoms with Crippen LogP contribution >= 0.6 is 11.8 Å². The number of nitrogens with zero attached hydrogens (tertiary/aromatic N) is 1. The fraction of sp³-hybridized carbons (Fsp3) is 0.263. The second-order valence-electron chi connectivity index (χ2n) is 5.89. The molecular weight excluding hydrogens is 334 g/mol. The highest BCUT2D eigenvalue weighted by Crippen LogP contribution is 2.24. The van der Waals surface area contributed by atoms with Gasteiger partial charge in [-0.15, -0.1) is 0 Å². The molecule has 0 spiro atoms. The molecule has 1 heterocycles. The number of hydrogen-bond donors (Lipinski definition) is 2. The second-order valence-corrected chi connectivity index (χ2v) is 7.22. The third-order valence-corrected chi connectivity index (χ3v) is 4.88. The molecule has 130 valence electrons. The molecule has 0 aliphatic rings. The summed E-state index contributed by atoms with van der Waals surface area (Å²) >= 11 is 1.43. The van der Waals surface area contributed by atoms with Crippen LogP contribution in [0.4, 0.5) is 0 Å². The predicted molar refractivity (Wildman–Crippen MR) is 101 cm³/mol. The van der Waals surface area contributed by atoms with E-state index >= 15 is 0 Å². The molecule has 0 saturated heterocycles. The van der Waals surface area contributed by atoms with Gasteiger partial charge in [0.1, 0.15) is 5.75 Å². The van der Waals surface area contributed by atoms with E-state index in [2.05, 4.69) is 21.4 Å². The lowest BCUT2D eigenvalue weighted by Crippen LogP contribution is -2.30. The first-order valence-corrected chi connectivity index (χ1v) is 8.97. The summed E-state index contributed by atoms with van der Waals surface area (Å²) in [5, 5.41) is 3.48. The highest BCUT2D eigenvalue weighted by atomic mass is 32.2. The molecule has 25 heavy (non-hydrogen) atoms. The first kappa shape index (κ1) is 17.4. The maximum absolute atomic E-state index is 12.3. The van der Waals surface area contributed by atoms with Crippen molar-refractivity contribution in [2.24, 2.45) is 0 Å². The molecule has 2 N–H and O–H groups in total. The fourth-order valence-electron chi connectivity index (χ4n) is 2.45. The predicted octanol–water partition coefficient (Wildman–Crippen LogP) is 3.68. The number of hydrogen-bond acceptors (Lipinski definition) is 4. The number of fused-ring (bicyclic) bond motifs is 1. The standard InChI is InChI=1S/C19H21N3O2S/c1-12-4-9-16-17(10-12)22-19(21-16)25-13(2)18(23)20-11-14-5-7-15(24-3)8-6-14/h4-10,13H,11H2,1-3H3,(H,20,23)(H,21,22)/t13-/m0/s1. The van der Waals surface area contributed by atoms with Crippen molar-refractivity contribution < 1.29 is 9.53 Å². The Morgan fingerprint density at radius 1 is 1.28 bits per heavy atom. The Bertz CT molecular complexity index is 874. The first-order chi connectivity index (χ1) is 12.0. The quantitative estimate of drug-likeness (QED) is 0.662. The van der Waals surface area contributed by atoms with E-state index in [9.17, 15) is 4.79 Å². The molecule has 3 rings (SSSR count). The van der Waals surface area contributed by atoms with Gasteiger partial charge in [-0.1, -0.05) is 30.0 Å². The summed E-state index contributed by atoms with van der Waals surface area (Å²) in [6.07, 6.45) is 0. The maximum Gasteiger partial charge on any atom is 0.233 e. The Morgan fingerprint density at radius 3 is 2.76 bits per heavy atom. The van der Waals surface area contributed by atoms with Crippen LogP contribution in [-0.4, -0.2) is 28.2 Å². The van der Waals surface area contributed by atoms with E-state index in [-0.39, 0.29) is 11.2 Å². The summed E-state index contributed by atoms with van der Waals surface area (Å²) in [6, 6.07) is 13.7. The molecule has 1 aromatic heterocycles. The van der Waals surface area contributed by atoms with Crippen LogP contribution in [0, 0.1) is 6.92 Å². The highest BCUT2D eigenvalue weighted by Gasteiger charge is 2.16. The van der Waals surface area contributed by atoms with E-state index in [1.54, 1.807) is 7.11 Å². The largest absolute Gasteiger partial charge is 0.497 e. The molecule has 1 atom stereocenters. The number of methoxy groups -OCH3 is 1. The van der Waals surface area contributed by atoms with Crippen molar-refractivity contribution >= 4 is 28.7 Å². The van der Waals surface area contributed by atoms with Gasteiger partial charge in [-0.05, 0) is 49.2 Å². The lowest BCUT2D eigenvalue weighted by Gasteiger charge is -2.11. The molecule has 3 aromatic rings. The van der Waals surface area contributed by atoms with Crippen LogP contribution in [-0.2, 0) is 11.3 Å². The van der Waals surface area contributed by atoms with E-state index in [4.69, 9.17) is 4.74 Å². The molecule has 0 bridgehead atoms. The smallest absolute Gasteiger partial charge is 0.233 e. The van der Waals surface area contributed by atoms with E-state index < -0.39 is 0 Å². The minimum Gasteiger partial charge on any atom is -0.497 e. The molecule has 0 aliphatic carbocycles. The van der Waals surface area contributed by atoms with Gasteiger partial charge >= 0.3 is 0 Å². The van der Waals surface area contributed by atoms with Gasteiger partial charge in [0.05, 0.1) is 23.4 Å². The van der Waals surface area contributed by atoms with E-state index in [1.165, 1.54) is 17.3 Å². The number of aromatic nitrogens is 2. The molecular formula is C19H21N3O2S. The van der Waals surface area contributed by atoms with Crippen molar-refractivity contribution in [3.05, 3.63) is 53.6 Å². The Hall–Kier alpha value is -2.47. The second kappa shape index (κ2) is 7.61. The first-order valence-electron chi connectivity index (χ1n) is 8.09. The van der Waals surface area contributed by atoms with Crippen LogP contribution in [0.15, 0.2) is 47.6 Å². The summed E-state index contributed by atoms with van der Waals surface area (Å²) in [5.74, 6) is 0.788. The van der Waals surface area contributed by atoms with E-state index in [0.29, 0.717) is 6.54 Å².